The Bertz CT molecular complexity index is 886. The Balaban J connectivity index is 1.63. The van der Waals surface area contributed by atoms with Crippen molar-refractivity contribution in [1.29, 1.82) is 0 Å². The second kappa shape index (κ2) is 7.66. The maximum atomic E-state index is 13.5. The van der Waals surface area contributed by atoms with Crippen molar-refractivity contribution in [1.82, 2.24) is 25.2 Å². The number of hydrogen-bond acceptors (Lipinski definition) is 5. The van der Waals surface area contributed by atoms with E-state index in [0.717, 1.165) is 38.4 Å². The maximum absolute atomic E-state index is 13.5. The van der Waals surface area contributed by atoms with Crippen LogP contribution in [0.25, 0.3) is 11.3 Å². The molecule has 29 heavy (non-hydrogen) atoms. The fraction of sp³-hybridized carbons (Fsp3) is 0.526. The molecule has 2 aliphatic rings. The molecule has 156 valence electrons. The molecule has 1 saturated heterocycles. The number of amides is 1. The molecule has 1 aliphatic carbocycles. The first-order chi connectivity index (χ1) is 13.8. The molecule has 3 heterocycles. The molecule has 1 saturated carbocycles. The molecule has 0 aromatic carbocycles. The smallest absolute Gasteiger partial charge is 0.357 e. The van der Waals surface area contributed by atoms with E-state index in [4.69, 9.17) is 0 Å². The molecule has 1 unspecified atom stereocenters. The van der Waals surface area contributed by atoms with Crippen molar-refractivity contribution in [2.45, 2.75) is 43.9 Å². The van der Waals surface area contributed by atoms with Crippen molar-refractivity contribution >= 4 is 11.9 Å². The van der Waals surface area contributed by atoms with E-state index in [-0.39, 0.29) is 40.9 Å². The van der Waals surface area contributed by atoms with Gasteiger partial charge < -0.3 is 20.5 Å². The van der Waals surface area contributed by atoms with Gasteiger partial charge in [-0.15, -0.1) is 0 Å². The first-order valence-electron chi connectivity index (χ1n) is 9.70. The van der Waals surface area contributed by atoms with Gasteiger partial charge in [-0.1, -0.05) is 0 Å². The largest absolute Gasteiger partial charge is 0.419 e. The van der Waals surface area contributed by atoms with Crippen LogP contribution in [-0.2, 0) is 6.18 Å². The van der Waals surface area contributed by atoms with Crippen LogP contribution < -0.4 is 10.6 Å². The lowest BCUT2D eigenvalue weighted by atomic mass is 10.1. The standard InChI is InChI=1S/C19H23F3N6O/c1-28(13-4-5-13)17(29)15-7-11(8-24-15)16-14(19(20,21)22)10-25-18(27-16)26-12-3-2-6-23-9-12/h7-8,10,12-13,23-24H,2-6,9H2,1H3,(H,25,26,27). The van der Waals surface area contributed by atoms with Crippen LogP contribution in [0.2, 0.25) is 0 Å². The van der Waals surface area contributed by atoms with Gasteiger partial charge in [0.25, 0.3) is 5.91 Å². The fourth-order valence-corrected chi connectivity index (χ4v) is 3.51. The van der Waals surface area contributed by atoms with Crippen LogP contribution in [0, 0.1) is 0 Å². The first-order valence-corrected chi connectivity index (χ1v) is 9.70. The molecule has 2 aromatic rings. The number of aromatic nitrogens is 3. The Labute approximate surface area is 166 Å². The fourth-order valence-electron chi connectivity index (χ4n) is 3.51. The molecule has 1 amide bonds. The molecule has 0 bridgehead atoms. The predicted octanol–water partition coefficient (Wildman–Crippen LogP) is 2.89. The number of piperidine rings is 1. The lowest BCUT2D eigenvalue weighted by molar-refractivity contribution is -0.137. The average Bonchev–Trinajstić information content (AvgIpc) is 3.43. The highest BCUT2D eigenvalue weighted by molar-refractivity contribution is 5.94. The second-order valence-corrected chi connectivity index (χ2v) is 7.59. The Morgan fingerprint density at radius 3 is 2.76 bits per heavy atom. The normalized spacial score (nSPS) is 19.8. The zero-order valence-electron chi connectivity index (χ0n) is 16.0. The minimum Gasteiger partial charge on any atom is -0.357 e. The highest BCUT2D eigenvalue weighted by Gasteiger charge is 2.36. The second-order valence-electron chi connectivity index (χ2n) is 7.59. The molecule has 0 radical (unpaired) electrons. The van der Waals surface area contributed by atoms with Crippen LogP contribution >= 0.6 is 0 Å². The molecule has 1 aliphatic heterocycles. The maximum Gasteiger partial charge on any atom is 0.419 e. The van der Waals surface area contributed by atoms with Crippen LogP contribution in [-0.4, -0.2) is 58.0 Å². The third-order valence-electron chi connectivity index (χ3n) is 5.33. The number of nitrogens with one attached hydrogen (secondary N) is 3. The molecular formula is C19H23F3N6O. The molecule has 7 nitrogen and oxygen atoms in total. The number of halogens is 3. The van der Waals surface area contributed by atoms with Gasteiger partial charge in [0.05, 0.1) is 5.69 Å². The van der Waals surface area contributed by atoms with Crippen molar-refractivity contribution < 1.29 is 18.0 Å². The zero-order chi connectivity index (χ0) is 20.6. The molecule has 2 fully saturated rings. The third kappa shape index (κ3) is 4.36. The Morgan fingerprint density at radius 1 is 1.31 bits per heavy atom. The first kappa shape index (κ1) is 19.7. The minimum atomic E-state index is -4.60. The predicted molar refractivity (Wildman–Crippen MR) is 101 cm³/mol. The van der Waals surface area contributed by atoms with Crippen molar-refractivity contribution in [2.75, 3.05) is 25.5 Å². The number of alkyl halides is 3. The van der Waals surface area contributed by atoms with E-state index in [1.165, 1.54) is 12.3 Å². The van der Waals surface area contributed by atoms with Gasteiger partial charge >= 0.3 is 6.18 Å². The summed E-state index contributed by atoms with van der Waals surface area (Å²) >= 11 is 0. The monoisotopic (exact) mass is 408 g/mol. The van der Waals surface area contributed by atoms with Crippen molar-refractivity contribution in [3.8, 4) is 11.3 Å². The Kier molecular flexibility index (Phi) is 5.20. The van der Waals surface area contributed by atoms with Crippen LogP contribution in [0.15, 0.2) is 18.5 Å². The number of anilines is 1. The molecule has 4 rings (SSSR count). The Hall–Kier alpha value is -2.62. The highest BCUT2D eigenvalue weighted by Crippen LogP contribution is 2.36. The number of hydrogen-bond donors (Lipinski definition) is 3. The van der Waals surface area contributed by atoms with E-state index >= 15 is 0 Å². The summed E-state index contributed by atoms with van der Waals surface area (Å²) in [5.74, 6) is -0.0983. The molecule has 2 aromatic heterocycles. The van der Waals surface area contributed by atoms with Gasteiger partial charge in [0, 0.05) is 43.6 Å². The van der Waals surface area contributed by atoms with Gasteiger partial charge in [0.1, 0.15) is 11.3 Å². The number of H-pyrrole nitrogens is 1. The number of carbonyl (C=O) groups excluding carboxylic acids is 1. The minimum absolute atomic E-state index is 0.0592. The molecule has 0 spiro atoms. The van der Waals surface area contributed by atoms with Gasteiger partial charge in [0.2, 0.25) is 5.95 Å². The van der Waals surface area contributed by atoms with Crippen molar-refractivity contribution in [3.63, 3.8) is 0 Å². The molecule has 1 atom stereocenters. The molecule has 10 heteroatoms. The summed E-state index contributed by atoms with van der Waals surface area (Å²) < 4.78 is 40.6. The van der Waals surface area contributed by atoms with E-state index in [1.54, 1.807) is 11.9 Å². The summed E-state index contributed by atoms with van der Waals surface area (Å²) in [5.41, 5.74) is -0.731. The van der Waals surface area contributed by atoms with E-state index in [1.807, 2.05) is 0 Å². The molecule has 3 N–H and O–H groups in total. The number of rotatable bonds is 5. The third-order valence-corrected chi connectivity index (χ3v) is 5.33. The van der Waals surface area contributed by atoms with Gasteiger partial charge in [-0.3, -0.25) is 4.79 Å². The van der Waals surface area contributed by atoms with Crippen molar-refractivity contribution in [2.24, 2.45) is 0 Å². The van der Waals surface area contributed by atoms with E-state index in [9.17, 15) is 18.0 Å². The van der Waals surface area contributed by atoms with Crippen LogP contribution in [0.4, 0.5) is 19.1 Å². The van der Waals surface area contributed by atoms with Crippen LogP contribution in [0.3, 0.4) is 0 Å². The quantitative estimate of drug-likeness (QED) is 0.708. The topological polar surface area (TPSA) is 85.9 Å². The van der Waals surface area contributed by atoms with Crippen molar-refractivity contribution in [3.05, 3.63) is 29.7 Å². The van der Waals surface area contributed by atoms with Gasteiger partial charge in [-0.05, 0) is 38.3 Å². The highest BCUT2D eigenvalue weighted by atomic mass is 19.4. The SMILES string of the molecule is CN(C(=O)c1cc(-c2nc(NC3CCCNC3)ncc2C(F)(F)F)c[nH]1)C1CC1. The summed E-state index contributed by atoms with van der Waals surface area (Å²) in [6.07, 6.45) is 1.34. The lowest BCUT2D eigenvalue weighted by Crippen LogP contribution is -2.38. The summed E-state index contributed by atoms with van der Waals surface area (Å²) in [7, 11) is 1.70. The van der Waals surface area contributed by atoms with Crippen LogP contribution in [0.1, 0.15) is 41.7 Å². The summed E-state index contributed by atoms with van der Waals surface area (Å²) in [6, 6.07) is 1.69. The number of aromatic amines is 1. The number of carbonyl (C=O) groups is 1. The summed E-state index contributed by atoms with van der Waals surface area (Å²) in [4.78, 5) is 24.9. The van der Waals surface area contributed by atoms with Crippen LogP contribution in [0.5, 0.6) is 0 Å². The average molecular weight is 408 g/mol. The summed E-state index contributed by atoms with van der Waals surface area (Å²) in [6.45, 7) is 1.63. The van der Waals surface area contributed by atoms with E-state index in [2.05, 4.69) is 25.6 Å². The van der Waals surface area contributed by atoms with Gasteiger partial charge in [0.15, 0.2) is 0 Å². The lowest BCUT2D eigenvalue weighted by Gasteiger charge is -2.24. The number of nitrogens with zero attached hydrogens (tertiary/aromatic N) is 3. The zero-order valence-corrected chi connectivity index (χ0v) is 16.0. The van der Waals surface area contributed by atoms with Gasteiger partial charge in [-0.25, -0.2) is 9.97 Å². The molecular weight excluding hydrogens is 385 g/mol. The Morgan fingerprint density at radius 2 is 2.10 bits per heavy atom. The summed E-state index contributed by atoms with van der Waals surface area (Å²) in [5, 5.41) is 6.34. The van der Waals surface area contributed by atoms with E-state index in [0.29, 0.717) is 6.54 Å². The van der Waals surface area contributed by atoms with Gasteiger partial charge in [-0.2, -0.15) is 13.2 Å². The van der Waals surface area contributed by atoms with E-state index < -0.39 is 11.7 Å².